The summed E-state index contributed by atoms with van der Waals surface area (Å²) in [5.74, 6) is 1.30. The van der Waals surface area contributed by atoms with E-state index < -0.39 is 5.41 Å². The fourth-order valence-electron chi connectivity index (χ4n) is 4.93. The van der Waals surface area contributed by atoms with Crippen LogP contribution in [-0.2, 0) is 16.0 Å². The monoisotopic (exact) mass is 434 g/mol. The van der Waals surface area contributed by atoms with Gasteiger partial charge >= 0.3 is 0 Å². The molecule has 0 spiro atoms. The quantitative estimate of drug-likeness (QED) is 0.720. The normalized spacial score (nSPS) is 20.3. The van der Waals surface area contributed by atoms with Crippen LogP contribution in [0.1, 0.15) is 49.8 Å². The lowest BCUT2D eigenvalue weighted by atomic mass is 9.78. The summed E-state index contributed by atoms with van der Waals surface area (Å²) in [4.78, 5) is 36.9. The molecule has 2 aromatic rings. The molecule has 2 aliphatic heterocycles. The van der Waals surface area contributed by atoms with E-state index in [0.717, 1.165) is 49.2 Å². The maximum Gasteiger partial charge on any atom is 0.229 e. The Hall–Kier alpha value is -2.89. The van der Waals surface area contributed by atoms with Crippen molar-refractivity contribution >= 4 is 17.6 Å². The number of rotatable bonds is 5. The van der Waals surface area contributed by atoms with Gasteiger partial charge in [0.05, 0.1) is 12.5 Å². The summed E-state index contributed by atoms with van der Waals surface area (Å²) in [7, 11) is 3.97. The van der Waals surface area contributed by atoms with E-state index >= 15 is 0 Å². The van der Waals surface area contributed by atoms with Gasteiger partial charge in [0.2, 0.25) is 11.8 Å². The topological polar surface area (TPSA) is 56.8 Å². The van der Waals surface area contributed by atoms with Crippen molar-refractivity contribution in [2.45, 2.75) is 45.1 Å². The number of piperidine rings is 1. The number of carbonyl (C=O) groups is 2. The average molecular weight is 435 g/mol. The van der Waals surface area contributed by atoms with Gasteiger partial charge in [-0.1, -0.05) is 37.3 Å². The summed E-state index contributed by atoms with van der Waals surface area (Å²) >= 11 is 0. The Labute approximate surface area is 191 Å². The van der Waals surface area contributed by atoms with Gasteiger partial charge in [-0.05, 0) is 48.9 Å². The van der Waals surface area contributed by atoms with Gasteiger partial charge in [0.1, 0.15) is 5.82 Å². The van der Waals surface area contributed by atoms with Gasteiger partial charge in [0.15, 0.2) is 0 Å². The largest absolute Gasteiger partial charge is 0.363 e. The Morgan fingerprint density at radius 2 is 1.81 bits per heavy atom. The van der Waals surface area contributed by atoms with E-state index in [2.05, 4.69) is 22.9 Å². The van der Waals surface area contributed by atoms with Crippen molar-refractivity contribution < 1.29 is 9.59 Å². The molecule has 0 N–H and O–H groups in total. The van der Waals surface area contributed by atoms with Gasteiger partial charge in [-0.2, -0.15) is 0 Å². The summed E-state index contributed by atoms with van der Waals surface area (Å²) in [5.41, 5.74) is 1.79. The number of hydrogen-bond donors (Lipinski definition) is 0. The standard InChI is InChI=1S/C26H34N4O2/c1-26(12-16-29(17-13-26)24(31)18-20-8-5-4-6-9-20)25(32)30-15-7-10-22(30)21-11-14-27-23(19-21)28(2)3/h4-6,8-9,11,14,19,22H,7,10,12-13,15-18H2,1-3H3/t22-/m0/s1. The van der Waals surface area contributed by atoms with Crippen molar-refractivity contribution in [3.8, 4) is 0 Å². The first kappa shape index (κ1) is 22.3. The summed E-state index contributed by atoms with van der Waals surface area (Å²) in [6.45, 7) is 4.18. The fourth-order valence-corrected chi connectivity index (χ4v) is 4.93. The minimum Gasteiger partial charge on any atom is -0.363 e. The molecule has 0 saturated carbocycles. The Bertz CT molecular complexity index is 951. The molecule has 0 aliphatic carbocycles. The molecule has 32 heavy (non-hydrogen) atoms. The van der Waals surface area contributed by atoms with Gasteiger partial charge < -0.3 is 14.7 Å². The maximum atomic E-state index is 13.7. The van der Waals surface area contributed by atoms with Gasteiger partial charge in [-0.15, -0.1) is 0 Å². The molecule has 2 amide bonds. The molecule has 0 radical (unpaired) electrons. The van der Waals surface area contributed by atoms with Crippen LogP contribution in [0.2, 0.25) is 0 Å². The van der Waals surface area contributed by atoms with Crippen LogP contribution < -0.4 is 4.90 Å². The molecule has 6 nitrogen and oxygen atoms in total. The summed E-state index contributed by atoms with van der Waals surface area (Å²) in [6, 6.07) is 14.1. The second kappa shape index (κ2) is 9.31. The third-order valence-electron chi connectivity index (χ3n) is 7.06. The summed E-state index contributed by atoms with van der Waals surface area (Å²) in [6.07, 6.45) is 5.71. The minimum absolute atomic E-state index is 0.110. The highest BCUT2D eigenvalue weighted by molar-refractivity contribution is 5.84. The first-order valence-electron chi connectivity index (χ1n) is 11.6. The van der Waals surface area contributed by atoms with Crippen LogP contribution >= 0.6 is 0 Å². The Morgan fingerprint density at radius 3 is 2.50 bits per heavy atom. The van der Waals surface area contributed by atoms with E-state index in [1.807, 2.05) is 66.5 Å². The van der Waals surface area contributed by atoms with Crippen molar-refractivity contribution in [1.82, 2.24) is 14.8 Å². The lowest BCUT2D eigenvalue weighted by molar-refractivity contribution is -0.148. The molecule has 170 valence electrons. The van der Waals surface area contributed by atoms with Crippen molar-refractivity contribution in [3.05, 3.63) is 59.8 Å². The van der Waals surface area contributed by atoms with Crippen LogP contribution in [0.15, 0.2) is 48.7 Å². The van der Waals surface area contributed by atoms with Crippen molar-refractivity contribution in [2.75, 3.05) is 38.6 Å². The number of carbonyl (C=O) groups excluding carboxylic acids is 2. The number of aromatic nitrogens is 1. The number of amides is 2. The van der Waals surface area contributed by atoms with Crippen LogP contribution in [-0.4, -0.2) is 60.3 Å². The molecule has 2 aliphatic rings. The molecule has 2 fully saturated rings. The van der Waals surface area contributed by atoms with Crippen LogP contribution in [0.4, 0.5) is 5.82 Å². The molecular formula is C26H34N4O2. The number of nitrogens with zero attached hydrogens (tertiary/aromatic N) is 4. The first-order chi connectivity index (χ1) is 15.4. The predicted octanol–water partition coefficient (Wildman–Crippen LogP) is 3.68. The second-order valence-electron chi connectivity index (χ2n) is 9.60. The SMILES string of the molecule is CN(C)c1cc([C@@H]2CCCN2C(=O)C2(C)CCN(C(=O)Cc3ccccc3)CC2)ccn1. The lowest BCUT2D eigenvalue weighted by Gasteiger charge is -2.41. The van der Waals surface area contributed by atoms with E-state index in [1.54, 1.807) is 0 Å². The van der Waals surface area contributed by atoms with Gasteiger partial charge in [-0.25, -0.2) is 4.98 Å². The number of likely N-dealkylation sites (tertiary alicyclic amines) is 2. The Balaban J connectivity index is 1.41. The highest BCUT2D eigenvalue weighted by atomic mass is 16.2. The summed E-state index contributed by atoms with van der Waals surface area (Å²) in [5, 5.41) is 0. The Kier molecular flexibility index (Phi) is 6.49. The van der Waals surface area contributed by atoms with E-state index in [4.69, 9.17) is 0 Å². The van der Waals surface area contributed by atoms with Crippen LogP contribution in [0.5, 0.6) is 0 Å². The van der Waals surface area contributed by atoms with Crippen LogP contribution in [0, 0.1) is 5.41 Å². The fraction of sp³-hybridized carbons (Fsp3) is 0.500. The zero-order valence-electron chi connectivity index (χ0n) is 19.5. The van der Waals surface area contributed by atoms with Gasteiger partial charge in [0.25, 0.3) is 0 Å². The molecule has 3 heterocycles. The van der Waals surface area contributed by atoms with Crippen molar-refractivity contribution in [3.63, 3.8) is 0 Å². The zero-order valence-corrected chi connectivity index (χ0v) is 19.5. The lowest BCUT2D eigenvalue weighted by Crippen LogP contribution is -2.50. The van der Waals surface area contributed by atoms with Crippen molar-refractivity contribution in [1.29, 1.82) is 0 Å². The van der Waals surface area contributed by atoms with E-state index in [-0.39, 0.29) is 17.9 Å². The molecule has 0 bridgehead atoms. The highest BCUT2D eigenvalue weighted by Gasteiger charge is 2.43. The number of hydrogen-bond acceptors (Lipinski definition) is 4. The molecule has 1 atom stereocenters. The molecule has 4 rings (SSSR count). The molecule has 1 aromatic carbocycles. The third kappa shape index (κ3) is 4.64. The van der Waals surface area contributed by atoms with Crippen LogP contribution in [0.25, 0.3) is 0 Å². The average Bonchev–Trinajstić information content (AvgIpc) is 3.29. The molecule has 1 aromatic heterocycles. The Morgan fingerprint density at radius 1 is 1.09 bits per heavy atom. The van der Waals surface area contributed by atoms with E-state index in [9.17, 15) is 9.59 Å². The predicted molar refractivity (Wildman–Crippen MR) is 126 cm³/mol. The number of pyridine rings is 1. The van der Waals surface area contributed by atoms with E-state index in [0.29, 0.717) is 19.5 Å². The first-order valence-corrected chi connectivity index (χ1v) is 11.6. The summed E-state index contributed by atoms with van der Waals surface area (Å²) < 4.78 is 0. The highest BCUT2D eigenvalue weighted by Crippen LogP contribution is 2.40. The smallest absolute Gasteiger partial charge is 0.229 e. The maximum absolute atomic E-state index is 13.7. The second-order valence-corrected chi connectivity index (χ2v) is 9.60. The minimum atomic E-state index is -0.413. The number of anilines is 1. The van der Waals surface area contributed by atoms with Crippen LogP contribution in [0.3, 0.4) is 0 Å². The number of benzene rings is 1. The van der Waals surface area contributed by atoms with E-state index in [1.165, 1.54) is 0 Å². The molecule has 0 unspecified atom stereocenters. The van der Waals surface area contributed by atoms with Gasteiger partial charge in [0, 0.05) is 45.3 Å². The third-order valence-corrected chi connectivity index (χ3v) is 7.06. The zero-order chi connectivity index (χ0) is 22.7. The van der Waals surface area contributed by atoms with Crippen molar-refractivity contribution in [2.24, 2.45) is 5.41 Å². The van der Waals surface area contributed by atoms with Gasteiger partial charge in [-0.3, -0.25) is 9.59 Å². The molecular weight excluding hydrogens is 400 g/mol. The molecule has 2 saturated heterocycles. The molecule has 6 heteroatoms.